The third-order valence-corrected chi connectivity index (χ3v) is 8.55. The minimum atomic E-state index is -0.0872. The summed E-state index contributed by atoms with van der Waals surface area (Å²) in [6.45, 7) is 4.05. The van der Waals surface area contributed by atoms with Crippen LogP contribution in [0.5, 0.6) is 0 Å². The molecule has 0 aliphatic heterocycles. The molecule has 1 aliphatic rings. The SMILES string of the molecule is Cc1cc(/C=C(/C#N)c2ccc(Cl)cc2Cl)c(C)n1-c1sc2c(c1C(=O)Nc1ccccc1)CCCC2. The molecular weight excluding hydrogens is 521 g/mol. The summed E-state index contributed by atoms with van der Waals surface area (Å²) in [5, 5.41) is 14.9. The Morgan fingerprint density at radius 3 is 2.57 bits per heavy atom. The van der Waals surface area contributed by atoms with Crippen LogP contribution in [-0.2, 0) is 12.8 Å². The third kappa shape index (κ3) is 4.98. The number of nitriles is 1. The maximum Gasteiger partial charge on any atom is 0.258 e. The fourth-order valence-corrected chi connectivity index (χ4v) is 6.95. The summed E-state index contributed by atoms with van der Waals surface area (Å²) in [5.74, 6) is -0.0872. The molecule has 4 aromatic rings. The van der Waals surface area contributed by atoms with Gasteiger partial charge >= 0.3 is 0 Å². The van der Waals surface area contributed by atoms with Crippen molar-refractivity contribution in [3.8, 4) is 11.1 Å². The number of nitrogens with zero attached hydrogens (tertiary/aromatic N) is 2. The van der Waals surface area contributed by atoms with Crippen molar-refractivity contribution in [1.29, 1.82) is 5.26 Å². The second kappa shape index (κ2) is 10.6. The minimum Gasteiger partial charge on any atom is -0.322 e. The fourth-order valence-electron chi connectivity index (χ4n) is 4.94. The van der Waals surface area contributed by atoms with E-state index in [9.17, 15) is 10.1 Å². The molecule has 1 amide bonds. The van der Waals surface area contributed by atoms with Gasteiger partial charge in [-0.05, 0) is 87.1 Å². The molecule has 0 fully saturated rings. The number of thiophene rings is 1. The number of hydrogen-bond acceptors (Lipinski definition) is 3. The molecule has 2 heterocycles. The lowest BCUT2D eigenvalue weighted by Gasteiger charge is -2.14. The van der Waals surface area contributed by atoms with Crippen LogP contribution in [0.1, 0.15) is 56.2 Å². The van der Waals surface area contributed by atoms with E-state index in [4.69, 9.17) is 23.2 Å². The van der Waals surface area contributed by atoms with Gasteiger partial charge in [-0.2, -0.15) is 5.26 Å². The number of halogens is 2. The number of nitrogens with one attached hydrogen (secondary N) is 1. The first-order valence-electron chi connectivity index (χ1n) is 12.1. The molecule has 37 heavy (non-hydrogen) atoms. The summed E-state index contributed by atoms with van der Waals surface area (Å²) >= 11 is 14.2. The van der Waals surface area contributed by atoms with Crippen LogP contribution in [-0.4, -0.2) is 10.5 Å². The molecule has 0 unspecified atom stereocenters. The van der Waals surface area contributed by atoms with E-state index < -0.39 is 0 Å². The average Bonchev–Trinajstić information content (AvgIpc) is 3.39. The number of rotatable bonds is 5. The summed E-state index contributed by atoms with van der Waals surface area (Å²) in [5.41, 5.74) is 6.64. The highest BCUT2D eigenvalue weighted by molar-refractivity contribution is 7.15. The highest BCUT2D eigenvalue weighted by Gasteiger charge is 2.28. The average molecular weight is 547 g/mol. The second-order valence-electron chi connectivity index (χ2n) is 9.17. The zero-order valence-electron chi connectivity index (χ0n) is 20.6. The summed E-state index contributed by atoms with van der Waals surface area (Å²) in [6, 6.07) is 19.0. The van der Waals surface area contributed by atoms with Crippen molar-refractivity contribution in [2.75, 3.05) is 5.32 Å². The molecule has 5 rings (SSSR count). The van der Waals surface area contributed by atoms with Crippen LogP contribution >= 0.6 is 34.5 Å². The number of aromatic nitrogens is 1. The number of hydrogen-bond donors (Lipinski definition) is 1. The first-order valence-corrected chi connectivity index (χ1v) is 13.7. The van der Waals surface area contributed by atoms with Crippen molar-refractivity contribution >= 4 is 57.8 Å². The predicted molar refractivity (Wildman–Crippen MR) is 154 cm³/mol. The lowest BCUT2D eigenvalue weighted by Crippen LogP contribution is -2.17. The number of amides is 1. The topological polar surface area (TPSA) is 57.8 Å². The maximum atomic E-state index is 13.6. The quantitative estimate of drug-likeness (QED) is 0.255. The van der Waals surface area contributed by atoms with Crippen LogP contribution < -0.4 is 5.32 Å². The molecule has 2 aromatic heterocycles. The van der Waals surface area contributed by atoms with Crippen molar-refractivity contribution in [2.45, 2.75) is 39.5 Å². The van der Waals surface area contributed by atoms with Gasteiger partial charge in [0.05, 0.1) is 22.2 Å². The van der Waals surface area contributed by atoms with E-state index in [-0.39, 0.29) is 5.91 Å². The van der Waals surface area contributed by atoms with E-state index in [0.717, 1.165) is 64.4 Å². The Hall–Kier alpha value is -3.30. The number of carbonyl (C=O) groups is 1. The van der Waals surface area contributed by atoms with E-state index in [2.05, 4.69) is 16.0 Å². The van der Waals surface area contributed by atoms with Crippen molar-refractivity contribution in [3.63, 3.8) is 0 Å². The minimum absolute atomic E-state index is 0.0872. The van der Waals surface area contributed by atoms with Gasteiger partial charge in [0.15, 0.2) is 0 Å². The smallest absolute Gasteiger partial charge is 0.258 e. The van der Waals surface area contributed by atoms with Crippen LogP contribution in [0.4, 0.5) is 5.69 Å². The molecule has 186 valence electrons. The van der Waals surface area contributed by atoms with E-state index in [1.165, 1.54) is 4.88 Å². The van der Waals surface area contributed by atoms with Crippen LogP contribution in [0.2, 0.25) is 10.0 Å². The van der Waals surface area contributed by atoms with Crippen LogP contribution in [0, 0.1) is 25.2 Å². The van der Waals surface area contributed by atoms with E-state index >= 15 is 0 Å². The summed E-state index contributed by atoms with van der Waals surface area (Å²) in [7, 11) is 0. The van der Waals surface area contributed by atoms with Gasteiger partial charge in [-0.25, -0.2) is 0 Å². The van der Waals surface area contributed by atoms with Crippen LogP contribution in [0.15, 0.2) is 54.6 Å². The standard InChI is InChI=1S/C30H25Cl2N3OS/c1-18-14-20(15-21(17-33)24-13-12-22(31)16-26(24)32)19(2)35(18)30-28(25-10-6-7-11-27(25)37-30)29(36)34-23-8-4-3-5-9-23/h3-5,8-9,12-16H,6-7,10-11H2,1-2H3,(H,34,36)/b21-15-. The lowest BCUT2D eigenvalue weighted by atomic mass is 9.95. The molecule has 0 atom stereocenters. The molecule has 0 spiro atoms. The van der Waals surface area contributed by atoms with Crippen molar-refractivity contribution in [2.24, 2.45) is 0 Å². The predicted octanol–water partition coefficient (Wildman–Crippen LogP) is 8.66. The van der Waals surface area contributed by atoms with Crippen molar-refractivity contribution < 1.29 is 4.79 Å². The number of allylic oxidation sites excluding steroid dienone is 1. The van der Waals surface area contributed by atoms with Crippen molar-refractivity contribution in [3.05, 3.63) is 103 Å². The molecule has 0 saturated heterocycles. The number of anilines is 1. The van der Waals surface area contributed by atoms with Gasteiger partial charge in [0.25, 0.3) is 5.91 Å². The highest BCUT2D eigenvalue weighted by Crippen LogP contribution is 2.39. The Kier molecular flexibility index (Phi) is 7.26. The number of para-hydroxylation sites is 1. The molecule has 0 saturated carbocycles. The highest BCUT2D eigenvalue weighted by atomic mass is 35.5. The van der Waals surface area contributed by atoms with Gasteiger partial charge in [0.1, 0.15) is 5.00 Å². The van der Waals surface area contributed by atoms with E-state index in [1.54, 1.807) is 29.5 Å². The lowest BCUT2D eigenvalue weighted by molar-refractivity contribution is 0.102. The molecule has 7 heteroatoms. The molecule has 1 aliphatic carbocycles. The van der Waals surface area contributed by atoms with Gasteiger partial charge < -0.3 is 9.88 Å². The molecule has 1 N–H and O–H groups in total. The summed E-state index contributed by atoms with van der Waals surface area (Å²) in [4.78, 5) is 14.9. The largest absolute Gasteiger partial charge is 0.322 e. The fraction of sp³-hybridized carbons (Fsp3) is 0.200. The van der Waals surface area contributed by atoms with Crippen LogP contribution in [0.3, 0.4) is 0 Å². The monoisotopic (exact) mass is 545 g/mol. The molecule has 2 aromatic carbocycles. The zero-order chi connectivity index (χ0) is 26.1. The first kappa shape index (κ1) is 25.4. The van der Waals surface area contributed by atoms with Gasteiger partial charge in [-0.3, -0.25) is 4.79 Å². The number of benzene rings is 2. The van der Waals surface area contributed by atoms with Crippen LogP contribution in [0.25, 0.3) is 16.7 Å². The number of aryl methyl sites for hydroxylation is 2. The Bertz CT molecular complexity index is 1570. The van der Waals surface area contributed by atoms with Crippen molar-refractivity contribution in [1.82, 2.24) is 4.57 Å². The first-order chi connectivity index (χ1) is 17.9. The molecule has 4 nitrogen and oxygen atoms in total. The maximum absolute atomic E-state index is 13.6. The van der Waals surface area contributed by atoms with Gasteiger partial charge in [-0.15, -0.1) is 11.3 Å². The molecular formula is C30H25Cl2N3OS. The normalized spacial score (nSPS) is 13.2. The Balaban J connectivity index is 1.61. The molecule has 0 radical (unpaired) electrons. The van der Waals surface area contributed by atoms with Gasteiger partial charge in [0.2, 0.25) is 0 Å². The number of carbonyl (C=O) groups excluding carboxylic acids is 1. The van der Waals surface area contributed by atoms with Gasteiger partial charge in [-0.1, -0.05) is 47.5 Å². The van der Waals surface area contributed by atoms with E-state index in [1.807, 2.05) is 56.3 Å². The number of fused-ring (bicyclic) bond motifs is 1. The second-order valence-corrected chi connectivity index (χ2v) is 11.1. The van der Waals surface area contributed by atoms with E-state index in [0.29, 0.717) is 21.2 Å². The summed E-state index contributed by atoms with van der Waals surface area (Å²) in [6.07, 6.45) is 5.97. The Morgan fingerprint density at radius 2 is 1.84 bits per heavy atom. The molecule has 0 bridgehead atoms. The summed E-state index contributed by atoms with van der Waals surface area (Å²) < 4.78 is 2.15. The third-order valence-electron chi connectivity index (χ3n) is 6.73. The Labute approximate surface area is 230 Å². The van der Waals surface area contributed by atoms with Gasteiger partial charge in [0, 0.05) is 32.5 Å². The Morgan fingerprint density at radius 1 is 1.08 bits per heavy atom. The zero-order valence-corrected chi connectivity index (χ0v) is 22.9.